The van der Waals surface area contributed by atoms with Gasteiger partial charge < -0.3 is 20.5 Å². The Morgan fingerprint density at radius 3 is 2.38 bits per heavy atom. The second-order valence-corrected chi connectivity index (χ2v) is 4.38. The molecule has 0 heterocycles. The summed E-state index contributed by atoms with van der Waals surface area (Å²) in [5, 5.41) is 15.6. The maximum Gasteiger partial charge on any atom is 0.323 e. The van der Waals surface area contributed by atoms with Crippen LogP contribution in [0.5, 0.6) is 0 Å². The van der Waals surface area contributed by atoms with Crippen LogP contribution in [0.25, 0.3) is 0 Å². The zero-order chi connectivity index (χ0) is 15.4. The van der Waals surface area contributed by atoms with E-state index in [9.17, 15) is 19.1 Å². The van der Waals surface area contributed by atoms with Crippen molar-refractivity contribution in [2.45, 2.75) is 6.92 Å². The molecule has 0 bridgehead atoms. The van der Waals surface area contributed by atoms with Crippen molar-refractivity contribution in [3.63, 3.8) is 0 Å². The predicted octanol–water partition coefficient (Wildman–Crippen LogP) is 2.14. The average Bonchev–Trinajstić information content (AvgIpc) is 2.43. The van der Waals surface area contributed by atoms with Crippen LogP contribution in [0.3, 0.4) is 0 Å². The van der Waals surface area contributed by atoms with Crippen LogP contribution in [-0.4, -0.2) is 12.0 Å². The van der Waals surface area contributed by atoms with Gasteiger partial charge in [-0.25, -0.2) is 9.18 Å². The molecule has 0 atom stereocenters. The number of urea groups is 1. The molecule has 0 aliphatic rings. The van der Waals surface area contributed by atoms with Crippen molar-refractivity contribution in [1.29, 1.82) is 0 Å². The number of benzene rings is 2. The van der Waals surface area contributed by atoms with E-state index in [1.54, 1.807) is 19.1 Å². The number of nitrogens with one attached hydrogen (secondary N) is 2. The number of rotatable bonds is 3. The lowest BCUT2D eigenvalue weighted by molar-refractivity contribution is -0.255. The van der Waals surface area contributed by atoms with Gasteiger partial charge in [0.2, 0.25) is 0 Å². The number of anilines is 2. The lowest BCUT2D eigenvalue weighted by Gasteiger charge is -2.12. The van der Waals surface area contributed by atoms with Gasteiger partial charge in [0, 0.05) is 5.69 Å². The maximum absolute atomic E-state index is 13.4. The number of carbonyl (C=O) groups excluding carboxylic acids is 2. The molecule has 2 rings (SSSR count). The molecule has 0 aliphatic carbocycles. The number of para-hydroxylation sites is 1. The first-order valence-corrected chi connectivity index (χ1v) is 6.12. The molecule has 2 aromatic rings. The van der Waals surface area contributed by atoms with Gasteiger partial charge in [0.15, 0.2) is 0 Å². The van der Waals surface area contributed by atoms with Crippen LogP contribution in [0.2, 0.25) is 0 Å². The Labute approximate surface area is 120 Å². The molecule has 2 N–H and O–H groups in total. The van der Waals surface area contributed by atoms with Crippen LogP contribution in [0, 0.1) is 12.7 Å². The molecule has 0 radical (unpaired) electrons. The first-order valence-electron chi connectivity index (χ1n) is 6.12. The minimum Gasteiger partial charge on any atom is -0.545 e. The Hall–Kier alpha value is -2.89. The molecule has 108 valence electrons. The molecule has 0 fully saturated rings. The van der Waals surface area contributed by atoms with E-state index in [-0.39, 0.29) is 11.3 Å². The van der Waals surface area contributed by atoms with Crippen LogP contribution in [0.4, 0.5) is 20.6 Å². The van der Waals surface area contributed by atoms with Crippen LogP contribution in [0.15, 0.2) is 42.5 Å². The van der Waals surface area contributed by atoms with E-state index in [1.807, 2.05) is 0 Å². The molecule has 6 heteroatoms. The molecule has 0 aliphatic heterocycles. The van der Waals surface area contributed by atoms with Crippen LogP contribution in [0.1, 0.15) is 15.9 Å². The minimum atomic E-state index is -1.34. The number of amides is 2. The number of aryl methyl sites for hydroxylation is 1. The molecule has 2 aromatic carbocycles. The lowest BCUT2D eigenvalue weighted by Crippen LogP contribution is -2.24. The SMILES string of the molecule is Cc1ccc(C(=O)[O-])cc1NC(=O)Nc1ccccc1F. The fourth-order valence-corrected chi connectivity index (χ4v) is 1.72. The topological polar surface area (TPSA) is 81.3 Å². The van der Waals surface area contributed by atoms with Gasteiger partial charge in [-0.15, -0.1) is 0 Å². The minimum absolute atomic E-state index is 0.0312. The van der Waals surface area contributed by atoms with Gasteiger partial charge in [0.25, 0.3) is 0 Å². The Morgan fingerprint density at radius 1 is 1.05 bits per heavy atom. The van der Waals surface area contributed by atoms with Crippen molar-refractivity contribution in [3.8, 4) is 0 Å². The summed E-state index contributed by atoms with van der Waals surface area (Å²) in [6, 6.07) is 9.27. The smallest absolute Gasteiger partial charge is 0.323 e. The molecule has 0 saturated heterocycles. The van der Waals surface area contributed by atoms with Crippen LogP contribution >= 0.6 is 0 Å². The number of hydrogen-bond acceptors (Lipinski definition) is 3. The Morgan fingerprint density at radius 2 is 1.71 bits per heavy atom. The van der Waals surface area contributed by atoms with Gasteiger partial charge in [-0.3, -0.25) is 0 Å². The number of halogens is 1. The standard InChI is InChI=1S/C15H13FN2O3/c1-9-6-7-10(14(19)20)8-13(9)18-15(21)17-12-5-3-2-4-11(12)16/h2-8H,1H3,(H,19,20)(H2,17,18,21)/p-1. The number of hydrogen-bond donors (Lipinski definition) is 2. The molecule has 5 nitrogen and oxygen atoms in total. The van der Waals surface area contributed by atoms with Crippen molar-refractivity contribution in [2.24, 2.45) is 0 Å². The molecule has 0 unspecified atom stereocenters. The fourth-order valence-electron chi connectivity index (χ4n) is 1.72. The highest BCUT2D eigenvalue weighted by molar-refractivity contribution is 6.01. The lowest BCUT2D eigenvalue weighted by atomic mass is 10.1. The van der Waals surface area contributed by atoms with Gasteiger partial charge in [0.1, 0.15) is 5.82 Å². The van der Waals surface area contributed by atoms with Crippen molar-refractivity contribution in [3.05, 3.63) is 59.4 Å². The first-order chi connectivity index (χ1) is 9.97. The number of carbonyl (C=O) groups is 2. The highest BCUT2D eigenvalue weighted by atomic mass is 19.1. The molecular weight excluding hydrogens is 275 g/mol. The van der Waals surface area contributed by atoms with Crippen molar-refractivity contribution < 1.29 is 19.1 Å². The molecule has 0 saturated carbocycles. The summed E-state index contributed by atoms with van der Waals surface area (Å²) in [6.07, 6.45) is 0. The Bertz CT molecular complexity index is 701. The van der Waals surface area contributed by atoms with Crippen LogP contribution < -0.4 is 15.7 Å². The predicted molar refractivity (Wildman–Crippen MR) is 74.6 cm³/mol. The summed E-state index contributed by atoms with van der Waals surface area (Å²) in [7, 11) is 0. The van der Waals surface area contributed by atoms with E-state index in [0.29, 0.717) is 11.3 Å². The van der Waals surface area contributed by atoms with E-state index in [0.717, 1.165) is 0 Å². The molecule has 2 amide bonds. The summed E-state index contributed by atoms with van der Waals surface area (Å²) >= 11 is 0. The van der Waals surface area contributed by atoms with Gasteiger partial charge in [-0.05, 0) is 36.2 Å². The number of carboxylic acid groups (broad SMARTS) is 1. The molecule has 0 aromatic heterocycles. The van der Waals surface area contributed by atoms with E-state index in [1.165, 1.54) is 30.3 Å². The van der Waals surface area contributed by atoms with Gasteiger partial charge in [-0.1, -0.05) is 24.3 Å². The van der Waals surface area contributed by atoms with E-state index >= 15 is 0 Å². The summed E-state index contributed by atoms with van der Waals surface area (Å²) in [5.41, 5.74) is 0.958. The number of aromatic carboxylic acids is 1. The maximum atomic E-state index is 13.4. The van der Waals surface area contributed by atoms with Crippen molar-refractivity contribution >= 4 is 23.4 Å². The first kappa shape index (κ1) is 14.5. The van der Waals surface area contributed by atoms with Gasteiger partial charge >= 0.3 is 6.03 Å². The summed E-state index contributed by atoms with van der Waals surface area (Å²) in [6.45, 7) is 1.71. The fraction of sp³-hybridized carbons (Fsp3) is 0.0667. The van der Waals surface area contributed by atoms with E-state index < -0.39 is 17.8 Å². The third-order valence-corrected chi connectivity index (χ3v) is 2.84. The molecule has 21 heavy (non-hydrogen) atoms. The van der Waals surface area contributed by atoms with E-state index in [2.05, 4.69) is 10.6 Å². The molecular formula is C15H12FN2O3-. The third kappa shape index (κ3) is 3.56. The summed E-state index contributed by atoms with van der Waals surface area (Å²) in [4.78, 5) is 22.6. The second kappa shape index (κ2) is 6.04. The van der Waals surface area contributed by atoms with Crippen molar-refractivity contribution in [1.82, 2.24) is 0 Å². The van der Waals surface area contributed by atoms with Gasteiger partial charge in [0.05, 0.1) is 11.7 Å². The highest BCUT2D eigenvalue weighted by Crippen LogP contribution is 2.18. The van der Waals surface area contributed by atoms with E-state index in [4.69, 9.17) is 0 Å². The normalized spacial score (nSPS) is 10.0. The quantitative estimate of drug-likeness (QED) is 0.907. The Kier molecular flexibility index (Phi) is 4.18. The zero-order valence-corrected chi connectivity index (χ0v) is 11.1. The molecule has 0 spiro atoms. The zero-order valence-electron chi connectivity index (χ0n) is 11.1. The summed E-state index contributed by atoms with van der Waals surface area (Å²) in [5.74, 6) is -1.90. The third-order valence-electron chi connectivity index (χ3n) is 2.84. The van der Waals surface area contributed by atoms with Gasteiger partial charge in [-0.2, -0.15) is 0 Å². The van der Waals surface area contributed by atoms with Crippen LogP contribution in [-0.2, 0) is 0 Å². The van der Waals surface area contributed by atoms with Crippen molar-refractivity contribution in [2.75, 3.05) is 10.6 Å². The monoisotopic (exact) mass is 287 g/mol. The Balaban J connectivity index is 2.15. The second-order valence-electron chi connectivity index (χ2n) is 4.38. The number of carboxylic acids is 1. The largest absolute Gasteiger partial charge is 0.545 e. The average molecular weight is 287 g/mol. The summed E-state index contributed by atoms with van der Waals surface area (Å²) < 4.78 is 13.4. The highest BCUT2D eigenvalue weighted by Gasteiger charge is 2.08.